The fraction of sp³-hybridized carbons (Fsp3) is 0.833. The van der Waals surface area contributed by atoms with Gasteiger partial charge < -0.3 is 14.8 Å². The summed E-state index contributed by atoms with van der Waals surface area (Å²) in [7, 11) is 1.50. The van der Waals surface area contributed by atoms with Crippen molar-refractivity contribution in [1.29, 1.82) is 0 Å². The largest absolute Gasteiger partial charge is 0.420 e. The third-order valence-corrected chi connectivity index (χ3v) is 0.879. The fourth-order valence-electron chi connectivity index (χ4n) is 0.478. The maximum atomic E-state index is 10.5. The molecule has 4 nitrogen and oxygen atoms in total. The Morgan fingerprint density at radius 1 is 1.70 bits per heavy atom. The van der Waals surface area contributed by atoms with Crippen molar-refractivity contribution < 1.29 is 14.3 Å². The van der Waals surface area contributed by atoms with Gasteiger partial charge in [0.05, 0.1) is 0 Å². The number of alkyl carbamates (subject to hydrolysis) is 1. The van der Waals surface area contributed by atoms with Crippen LogP contribution in [-0.2, 0) is 9.47 Å². The molecule has 0 bridgehead atoms. The van der Waals surface area contributed by atoms with Crippen molar-refractivity contribution >= 4 is 6.09 Å². The minimum absolute atomic E-state index is 0.468. The Morgan fingerprint density at radius 2 is 2.30 bits per heavy atom. The number of carbonyl (C=O) groups is 1. The van der Waals surface area contributed by atoms with Gasteiger partial charge in [-0.05, 0) is 13.8 Å². The molecule has 0 aromatic carbocycles. The highest BCUT2D eigenvalue weighted by Crippen LogP contribution is 1.92. The molecule has 0 aromatic heterocycles. The van der Waals surface area contributed by atoms with Gasteiger partial charge in [-0.1, -0.05) is 0 Å². The van der Waals surface area contributed by atoms with Gasteiger partial charge in [0, 0.05) is 13.7 Å². The van der Waals surface area contributed by atoms with Crippen LogP contribution < -0.4 is 5.32 Å². The highest BCUT2D eigenvalue weighted by Gasteiger charge is 2.04. The van der Waals surface area contributed by atoms with E-state index in [1.54, 1.807) is 6.92 Å². The highest BCUT2D eigenvalue weighted by molar-refractivity contribution is 5.66. The Balaban J connectivity index is 3.37. The Morgan fingerprint density at radius 3 is 2.70 bits per heavy atom. The lowest BCUT2D eigenvalue weighted by Gasteiger charge is -2.11. The van der Waals surface area contributed by atoms with Crippen LogP contribution in [-0.4, -0.2) is 26.0 Å². The van der Waals surface area contributed by atoms with Crippen molar-refractivity contribution in [2.45, 2.75) is 20.1 Å². The highest BCUT2D eigenvalue weighted by atomic mass is 16.7. The van der Waals surface area contributed by atoms with E-state index in [1.165, 1.54) is 7.05 Å². The zero-order chi connectivity index (χ0) is 7.98. The standard InChI is InChI=1S/C6H13NO3/c1-4-9-5(2)10-6(8)7-3/h5H,4H2,1-3H3,(H,7,8). The van der Waals surface area contributed by atoms with E-state index in [9.17, 15) is 4.79 Å². The van der Waals surface area contributed by atoms with Crippen LogP contribution >= 0.6 is 0 Å². The molecule has 4 heteroatoms. The molecule has 0 heterocycles. The minimum Gasteiger partial charge on any atom is -0.420 e. The summed E-state index contributed by atoms with van der Waals surface area (Å²) < 4.78 is 9.60. The van der Waals surface area contributed by atoms with Crippen LogP contribution in [0.15, 0.2) is 0 Å². The van der Waals surface area contributed by atoms with E-state index in [0.717, 1.165) is 0 Å². The van der Waals surface area contributed by atoms with E-state index in [-0.39, 0.29) is 0 Å². The first-order valence-corrected chi connectivity index (χ1v) is 3.20. The molecule has 0 aliphatic heterocycles. The predicted molar refractivity (Wildman–Crippen MR) is 36.6 cm³/mol. The second-order valence-electron chi connectivity index (χ2n) is 1.68. The van der Waals surface area contributed by atoms with Crippen LogP contribution in [0.3, 0.4) is 0 Å². The Kier molecular flexibility index (Phi) is 4.66. The summed E-state index contributed by atoms with van der Waals surface area (Å²) >= 11 is 0. The van der Waals surface area contributed by atoms with Gasteiger partial charge in [0.25, 0.3) is 0 Å². The minimum atomic E-state index is -0.471. The summed E-state index contributed by atoms with van der Waals surface area (Å²) in [6.45, 7) is 4.04. The summed E-state index contributed by atoms with van der Waals surface area (Å²) in [5.74, 6) is 0. The van der Waals surface area contributed by atoms with Crippen molar-refractivity contribution in [2.75, 3.05) is 13.7 Å². The van der Waals surface area contributed by atoms with E-state index >= 15 is 0 Å². The second kappa shape index (κ2) is 5.05. The Labute approximate surface area is 60.5 Å². The Bertz CT molecular complexity index is 105. The molecule has 1 amide bonds. The Hall–Kier alpha value is -0.770. The van der Waals surface area contributed by atoms with Gasteiger partial charge in [-0.25, -0.2) is 4.79 Å². The van der Waals surface area contributed by atoms with Crippen LogP contribution in [0.2, 0.25) is 0 Å². The maximum Gasteiger partial charge on any atom is 0.409 e. The number of hydrogen-bond acceptors (Lipinski definition) is 3. The average molecular weight is 147 g/mol. The number of amides is 1. The molecular formula is C6H13NO3. The lowest BCUT2D eigenvalue weighted by Crippen LogP contribution is -2.25. The van der Waals surface area contributed by atoms with E-state index in [4.69, 9.17) is 4.74 Å². The van der Waals surface area contributed by atoms with E-state index in [1.807, 2.05) is 6.92 Å². The molecule has 0 aliphatic carbocycles. The average Bonchev–Trinajstić information content (AvgIpc) is 1.88. The van der Waals surface area contributed by atoms with E-state index in [2.05, 4.69) is 10.1 Å². The molecule has 1 N–H and O–H groups in total. The molecule has 60 valence electrons. The van der Waals surface area contributed by atoms with Gasteiger partial charge in [0.2, 0.25) is 6.29 Å². The maximum absolute atomic E-state index is 10.5. The van der Waals surface area contributed by atoms with Gasteiger partial charge in [0.1, 0.15) is 0 Å². The summed E-state index contributed by atoms with van der Waals surface area (Å²) in [5, 5.41) is 2.31. The van der Waals surface area contributed by atoms with Gasteiger partial charge in [-0.2, -0.15) is 0 Å². The molecule has 0 radical (unpaired) electrons. The van der Waals surface area contributed by atoms with Gasteiger partial charge >= 0.3 is 6.09 Å². The lowest BCUT2D eigenvalue weighted by molar-refractivity contribution is -0.0861. The monoisotopic (exact) mass is 147 g/mol. The van der Waals surface area contributed by atoms with Crippen molar-refractivity contribution in [1.82, 2.24) is 5.32 Å². The van der Waals surface area contributed by atoms with Gasteiger partial charge in [-0.15, -0.1) is 0 Å². The second-order valence-corrected chi connectivity index (χ2v) is 1.68. The predicted octanol–water partition coefficient (Wildman–Crippen LogP) is 0.725. The van der Waals surface area contributed by atoms with Gasteiger partial charge in [-0.3, -0.25) is 0 Å². The fourth-order valence-corrected chi connectivity index (χ4v) is 0.478. The number of ether oxygens (including phenoxy) is 2. The molecule has 1 atom stereocenters. The van der Waals surface area contributed by atoms with E-state index < -0.39 is 12.4 Å². The first-order valence-electron chi connectivity index (χ1n) is 3.20. The topological polar surface area (TPSA) is 47.6 Å². The molecule has 0 fully saturated rings. The van der Waals surface area contributed by atoms with Gasteiger partial charge in [0.15, 0.2) is 0 Å². The number of nitrogens with one attached hydrogen (secondary N) is 1. The summed E-state index contributed by atoms with van der Waals surface area (Å²) in [6.07, 6.45) is -0.939. The van der Waals surface area contributed by atoms with Crippen molar-refractivity contribution in [3.8, 4) is 0 Å². The molecule has 1 unspecified atom stereocenters. The molecule has 0 spiro atoms. The molecule has 0 aliphatic rings. The SMILES string of the molecule is CCOC(C)OC(=O)NC. The van der Waals surface area contributed by atoms with Crippen LogP contribution in [0.5, 0.6) is 0 Å². The molecule has 0 rings (SSSR count). The molecule has 0 saturated carbocycles. The normalized spacial score (nSPS) is 12.3. The van der Waals surface area contributed by atoms with Crippen LogP contribution in [0.25, 0.3) is 0 Å². The van der Waals surface area contributed by atoms with Crippen molar-refractivity contribution in [3.05, 3.63) is 0 Å². The van der Waals surface area contributed by atoms with Crippen molar-refractivity contribution in [3.63, 3.8) is 0 Å². The first-order chi connectivity index (χ1) is 4.70. The third kappa shape index (κ3) is 4.14. The van der Waals surface area contributed by atoms with Crippen LogP contribution in [0, 0.1) is 0 Å². The number of carbonyl (C=O) groups excluding carboxylic acids is 1. The quantitative estimate of drug-likeness (QED) is 0.598. The first kappa shape index (κ1) is 9.23. The zero-order valence-electron chi connectivity index (χ0n) is 6.51. The summed E-state index contributed by atoms with van der Waals surface area (Å²) in [4.78, 5) is 10.5. The molecular weight excluding hydrogens is 134 g/mol. The summed E-state index contributed by atoms with van der Waals surface area (Å²) in [5.41, 5.74) is 0. The lowest BCUT2D eigenvalue weighted by atomic mass is 10.7. The summed E-state index contributed by atoms with van der Waals surface area (Å²) in [6, 6.07) is 0. The van der Waals surface area contributed by atoms with E-state index in [0.29, 0.717) is 6.61 Å². The van der Waals surface area contributed by atoms with Crippen LogP contribution in [0.4, 0.5) is 4.79 Å². The smallest absolute Gasteiger partial charge is 0.409 e. The molecule has 10 heavy (non-hydrogen) atoms. The van der Waals surface area contributed by atoms with Crippen LogP contribution in [0.1, 0.15) is 13.8 Å². The van der Waals surface area contributed by atoms with Crippen molar-refractivity contribution in [2.24, 2.45) is 0 Å². The molecule has 0 aromatic rings. The molecule has 0 saturated heterocycles. The zero-order valence-corrected chi connectivity index (χ0v) is 6.51. The third-order valence-electron chi connectivity index (χ3n) is 0.879. The number of rotatable bonds is 3. The number of hydrogen-bond donors (Lipinski definition) is 1.